The lowest BCUT2D eigenvalue weighted by Crippen LogP contribution is -2.18. The Bertz CT molecular complexity index is 1020. The van der Waals surface area contributed by atoms with Crippen LogP contribution in [0, 0.1) is 6.92 Å². The van der Waals surface area contributed by atoms with E-state index in [9.17, 15) is 9.59 Å². The third-order valence-electron chi connectivity index (χ3n) is 4.25. The summed E-state index contributed by atoms with van der Waals surface area (Å²) in [5, 5.41) is 0. The van der Waals surface area contributed by atoms with E-state index >= 15 is 0 Å². The van der Waals surface area contributed by atoms with Crippen molar-refractivity contribution < 1.29 is 23.8 Å². The number of carbonyl (C=O) groups excluding carboxylic acids is 2. The van der Waals surface area contributed by atoms with Crippen LogP contribution in [0.2, 0.25) is 0 Å². The first-order chi connectivity index (χ1) is 14.5. The smallest absolute Gasteiger partial charge is 0.349 e. The largest absolute Gasteiger partial charge is 0.482 e. The third kappa shape index (κ3) is 6.46. The van der Waals surface area contributed by atoms with E-state index in [1.165, 1.54) is 6.07 Å². The fraction of sp³-hybridized carbons (Fsp3) is 0.167. The zero-order chi connectivity index (χ0) is 21.3. The topological polar surface area (TPSA) is 61.8 Å². The van der Waals surface area contributed by atoms with Crippen molar-refractivity contribution in [3.8, 4) is 11.5 Å². The van der Waals surface area contributed by atoms with Gasteiger partial charge in [-0.3, -0.25) is 0 Å². The van der Waals surface area contributed by atoms with Gasteiger partial charge >= 0.3 is 11.9 Å². The van der Waals surface area contributed by atoms with Crippen LogP contribution in [-0.2, 0) is 16.0 Å². The van der Waals surface area contributed by atoms with Gasteiger partial charge in [0.1, 0.15) is 11.5 Å². The number of ether oxygens (including phenoxy) is 3. The van der Waals surface area contributed by atoms with Gasteiger partial charge in [-0.05, 0) is 54.4 Å². The standard InChI is InChI=1S/C24H21BrO5/c1-17-14-20(10-11-22(17)25)29-16-23(26)30-21-9-5-8-19(15-21)24(27)28-13-12-18-6-3-2-4-7-18/h2-11,14-15H,12-13,16H2,1H3. The highest BCUT2D eigenvalue weighted by atomic mass is 79.9. The van der Waals surface area contributed by atoms with E-state index in [2.05, 4.69) is 15.9 Å². The zero-order valence-electron chi connectivity index (χ0n) is 16.5. The quantitative estimate of drug-likeness (QED) is 0.338. The Hall–Kier alpha value is -3.12. The van der Waals surface area contributed by atoms with E-state index in [-0.39, 0.29) is 19.0 Å². The van der Waals surface area contributed by atoms with Crippen LogP contribution in [0.5, 0.6) is 11.5 Å². The monoisotopic (exact) mass is 468 g/mol. The Labute approximate surface area is 183 Å². The second kappa shape index (κ2) is 10.6. The fourth-order valence-corrected chi connectivity index (χ4v) is 2.93. The van der Waals surface area contributed by atoms with Gasteiger partial charge in [-0.2, -0.15) is 0 Å². The summed E-state index contributed by atoms with van der Waals surface area (Å²) in [5.74, 6) is -0.202. The van der Waals surface area contributed by atoms with Crippen molar-refractivity contribution in [2.45, 2.75) is 13.3 Å². The summed E-state index contributed by atoms with van der Waals surface area (Å²) in [5.41, 5.74) is 2.41. The predicted octanol–water partition coefficient (Wildman–Crippen LogP) is 5.14. The molecule has 0 amide bonds. The molecule has 6 heteroatoms. The van der Waals surface area contributed by atoms with Crippen LogP contribution in [0.25, 0.3) is 0 Å². The van der Waals surface area contributed by atoms with E-state index in [0.717, 1.165) is 15.6 Å². The fourth-order valence-electron chi connectivity index (χ4n) is 2.69. The average molecular weight is 469 g/mol. The minimum Gasteiger partial charge on any atom is -0.482 e. The summed E-state index contributed by atoms with van der Waals surface area (Å²) in [6.45, 7) is 1.96. The van der Waals surface area contributed by atoms with Gasteiger partial charge in [-0.25, -0.2) is 9.59 Å². The van der Waals surface area contributed by atoms with Crippen molar-refractivity contribution in [2.24, 2.45) is 0 Å². The van der Waals surface area contributed by atoms with E-state index < -0.39 is 11.9 Å². The summed E-state index contributed by atoms with van der Waals surface area (Å²) in [6, 6.07) is 21.5. The Morgan fingerprint density at radius 3 is 2.47 bits per heavy atom. The molecule has 0 N–H and O–H groups in total. The maximum absolute atomic E-state index is 12.3. The predicted molar refractivity (Wildman–Crippen MR) is 117 cm³/mol. The van der Waals surface area contributed by atoms with Crippen LogP contribution in [0.3, 0.4) is 0 Å². The first-order valence-corrected chi connectivity index (χ1v) is 10.2. The third-order valence-corrected chi connectivity index (χ3v) is 5.14. The van der Waals surface area contributed by atoms with Crippen molar-refractivity contribution in [1.29, 1.82) is 0 Å². The summed E-state index contributed by atoms with van der Waals surface area (Å²) in [7, 11) is 0. The number of rotatable bonds is 8. The minimum absolute atomic E-state index is 0.243. The molecule has 3 rings (SSSR count). The second-order valence-electron chi connectivity index (χ2n) is 6.57. The first-order valence-electron chi connectivity index (χ1n) is 9.42. The summed E-state index contributed by atoms with van der Waals surface area (Å²) < 4.78 is 17.0. The van der Waals surface area contributed by atoms with Crippen molar-refractivity contribution in [2.75, 3.05) is 13.2 Å². The molecule has 3 aromatic carbocycles. The van der Waals surface area contributed by atoms with Crippen molar-refractivity contribution >= 4 is 27.9 Å². The molecular weight excluding hydrogens is 448 g/mol. The minimum atomic E-state index is -0.565. The number of benzene rings is 3. The van der Waals surface area contributed by atoms with E-state index in [1.54, 1.807) is 24.3 Å². The number of halogens is 1. The number of hydrogen-bond donors (Lipinski definition) is 0. The van der Waals surface area contributed by atoms with Gasteiger partial charge in [0.25, 0.3) is 0 Å². The molecule has 154 valence electrons. The molecule has 5 nitrogen and oxygen atoms in total. The molecule has 0 bridgehead atoms. The molecule has 0 aliphatic carbocycles. The molecule has 3 aromatic rings. The van der Waals surface area contributed by atoms with Gasteiger partial charge in [-0.1, -0.05) is 52.3 Å². The zero-order valence-corrected chi connectivity index (χ0v) is 18.1. The van der Waals surface area contributed by atoms with Gasteiger partial charge in [0.15, 0.2) is 6.61 Å². The van der Waals surface area contributed by atoms with Crippen molar-refractivity contribution in [3.05, 3.63) is 94.0 Å². The molecule has 0 aliphatic rings. The van der Waals surface area contributed by atoms with E-state index in [4.69, 9.17) is 14.2 Å². The lowest BCUT2D eigenvalue weighted by Gasteiger charge is -2.09. The maximum atomic E-state index is 12.3. The molecule has 0 unspecified atom stereocenters. The summed E-state index contributed by atoms with van der Waals surface area (Å²) in [6.07, 6.45) is 0.633. The van der Waals surface area contributed by atoms with Crippen LogP contribution < -0.4 is 9.47 Å². The normalized spacial score (nSPS) is 10.3. The van der Waals surface area contributed by atoms with Crippen LogP contribution >= 0.6 is 15.9 Å². The van der Waals surface area contributed by atoms with Gasteiger partial charge in [-0.15, -0.1) is 0 Å². The summed E-state index contributed by atoms with van der Waals surface area (Å²) in [4.78, 5) is 24.3. The molecule has 0 saturated heterocycles. The molecule has 0 aliphatic heterocycles. The molecule has 0 saturated carbocycles. The Balaban J connectivity index is 1.49. The first kappa shape index (κ1) is 21.6. The highest BCUT2D eigenvalue weighted by molar-refractivity contribution is 9.10. The van der Waals surface area contributed by atoms with Gasteiger partial charge in [0.05, 0.1) is 12.2 Å². The molecule has 0 aromatic heterocycles. The molecular formula is C24H21BrO5. The van der Waals surface area contributed by atoms with Crippen molar-refractivity contribution in [1.82, 2.24) is 0 Å². The van der Waals surface area contributed by atoms with Crippen LogP contribution in [0.1, 0.15) is 21.5 Å². The van der Waals surface area contributed by atoms with Crippen LogP contribution in [0.4, 0.5) is 0 Å². The number of hydrogen-bond acceptors (Lipinski definition) is 5. The Morgan fingerprint density at radius 1 is 0.900 bits per heavy atom. The van der Waals surface area contributed by atoms with Crippen LogP contribution in [-0.4, -0.2) is 25.2 Å². The van der Waals surface area contributed by atoms with Gasteiger partial charge in [0.2, 0.25) is 0 Å². The average Bonchev–Trinajstić information content (AvgIpc) is 2.75. The number of aryl methyl sites for hydroxylation is 1. The van der Waals surface area contributed by atoms with E-state index in [0.29, 0.717) is 17.7 Å². The highest BCUT2D eigenvalue weighted by Gasteiger charge is 2.11. The molecule has 0 radical (unpaired) electrons. The van der Waals surface area contributed by atoms with Gasteiger partial charge < -0.3 is 14.2 Å². The lowest BCUT2D eigenvalue weighted by molar-refractivity contribution is -0.136. The SMILES string of the molecule is Cc1cc(OCC(=O)Oc2cccc(C(=O)OCCc3ccccc3)c2)ccc1Br. The Kier molecular flexibility index (Phi) is 7.63. The molecule has 0 heterocycles. The lowest BCUT2D eigenvalue weighted by atomic mass is 10.2. The molecule has 0 spiro atoms. The summed E-state index contributed by atoms with van der Waals surface area (Å²) >= 11 is 3.41. The highest BCUT2D eigenvalue weighted by Crippen LogP contribution is 2.21. The number of carbonyl (C=O) groups is 2. The second-order valence-corrected chi connectivity index (χ2v) is 7.43. The molecule has 0 atom stereocenters. The van der Waals surface area contributed by atoms with E-state index in [1.807, 2.05) is 49.4 Å². The number of esters is 2. The Morgan fingerprint density at radius 2 is 1.70 bits per heavy atom. The maximum Gasteiger partial charge on any atom is 0.349 e. The molecule has 0 fully saturated rings. The van der Waals surface area contributed by atoms with Crippen molar-refractivity contribution in [3.63, 3.8) is 0 Å². The van der Waals surface area contributed by atoms with Gasteiger partial charge in [0, 0.05) is 10.9 Å². The van der Waals surface area contributed by atoms with Crippen LogP contribution in [0.15, 0.2) is 77.3 Å². The molecule has 30 heavy (non-hydrogen) atoms.